The molecule has 0 aliphatic rings. The van der Waals surface area contributed by atoms with Gasteiger partial charge in [-0.25, -0.2) is 31.5 Å². The molecule has 0 aliphatic carbocycles. The minimum Gasteiger partial charge on any atom is -0.480 e. The maximum Gasteiger partial charge on any atom is 0.408 e. The van der Waals surface area contributed by atoms with Gasteiger partial charge in [0, 0.05) is 6.42 Å². The van der Waals surface area contributed by atoms with Crippen molar-refractivity contribution >= 4 is 12.1 Å². The summed E-state index contributed by atoms with van der Waals surface area (Å²) < 4.78 is 72.8. The molecule has 2 aromatic rings. The Morgan fingerprint density at radius 2 is 1.40 bits per heavy atom. The summed E-state index contributed by atoms with van der Waals surface area (Å²) in [5, 5.41) is 11.5. The Labute approximate surface area is 168 Å². The molecule has 0 aliphatic heterocycles. The van der Waals surface area contributed by atoms with E-state index in [1.54, 1.807) is 20.8 Å². The summed E-state index contributed by atoms with van der Waals surface area (Å²) in [6.45, 7) is 4.79. The lowest BCUT2D eigenvalue weighted by Gasteiger charge is -2.22. The van der Waals surface area contributed by atoms with Gasteiger partial charge in [-0.1, -0.05) is 24.3 Å². The molecular formula is C20H18F5NO4. The van der Waals surface area contributed by atoms with Gasteiger partial charge in [0.2, 0.25) is 5.82 Å². The number of carboxylic acids is 1. The molecule has 5 nitrogen and oxygen atoms in total. The van der Waals surface area contributed by atoms with E-state index < -0.39 is 58.4 Å². The number of carbonyl (C=O) groups is 2. The second-order valence-corrected chi connectivity index (χ2v) is 7.38. The fraction of sp³-hybridized carbons (Fsp3) is 0.300. The number of hydrogen-bond acceptors (Lipinski definition) is 3. The van der Waals surface area contributed by atoms with E-state index in [-0.39, 0.29) is 12.0 Å². The van der Waals surface area contributed by atoms with Crippen molar-refractivity contribution < 1.29 is 41.4 Å². The smallest absolute Gasteiger partial charge is 0.408 e. The minimum absolute atomic E-state index is 0.216. The van der Waals surface area contributed by atoms with Gasteiger partial charge in [0.15, 0.2) is 23.3 Å². The highest BCUT2D eigenvalue weighted by Crippen LogP contribution is 2.31. The van der Waals surface area contributed by atoms with Crippen molar-refractivity contribution in [1.29, 1.82) is 0 Å². The van der Waals surface area contributed by atoms with E-state index in [4.69, 9.17) is 4.74 Å². The van der Waals surface area contributed by atoms with Crippen LogP contribution in [0.3, 0.4) is 0 Å². The lowest BCUT2D eigenvalue weighted by Crippen LogP contribution is -2.44. The van der Waals surface area contributed by atoms with Crippen molar-refractivity contribution in [3.8, 4) is 11.1 Å². The van der Waals surface area contributed by atoms with Crippen LogP contribution in [0, 0.1) is 29.1 Å². The number of amides is 1. The minimum atomic E-state index is -2.26. The Hall–Kier alpha value is -3.17. The summed E-state index contributed by atoms with van der Waals surface area (Å²) >= 11 is 0. The molecular weight excluding hydrogens is 413 g/mol. The Bertz CT molecular complexity index is 942. The number of nitrogens with one attached hydrogen (secondary N) is 1. The van der Waals surface area contributed by atoms with Crippen LogP contribution in [0.4, 0.5) is 26.7 Å². The second kappa shape index (κ2) is 8.68. The summed E-state index contributed by atoms with van der Waals surface area (Å²) in [4.78, 5) is 23.2. The third kappa shape index (κ3) is 5.25. The molecule has 1 amide bonds. The Balaban J connectivity index is 2.25. The van der Waals surface area contributed by atoms with Crippen LogP contribution in [0.1, 0.15) is 26.3 Å². The monoisotopic (exact) mass is 431 g/mol. The molecule has 10 heteroatoms. The lowest BCUT2D eigenvalue weighted by atomic mass is 9.99. The normalized spacial score (nSPS) is 12.4. The first-order valence-electron chi connectivity index (χ1n) is 8.65. The zero-order chi connectivity index (χ0) is 22.8. The molecule has 0 unspecified atom stereocenters. The van der Waals surface area contributed by atoms with E-state index >= 15 is 0 Å². The molecule has 1 atom stereocenters. The van der Waals surface area contributed by atoms with Crippen LogP contribution >= 0.6 is 0 Å². The molecule has 2 N–H and O–H groups in total. The van der Waals surface area contributed by atoms with Crippen LogP contribution in [-0.4, -0.2) is 28.8 Å². The van der Waals surface area contributed by atoms with Gasteiger partial charge >= 0.3 is 12.1 Å². The highest BCUT2D eigenvalue weighted by atomic mass is 19.2. The highest BCUT2D eigenvalue weighted by molar-refractivity contribution is 5.80. The summed E-state index contributed by atoms with van der Waals surface area (Å²) in [6, 6.07) is 3.29. The number of carbonyl (C=O) groups excluding carboxylic acids is 1. The van der Waals surface area contributed by atoms with Crippen molar-refractivity contribution in [3.63, 3.8) is 0 Å². The largest absolute Gasteiger partial charge is 0.480 e. The predicted octanol–water partition coefficient (Wildman–Crippen LogP) is 4.57. The third-order valence-electron chi connectivity index (χ3n) is 3.88. The zero-order valence-electron chi connectivity index (χ0n) is 16.2. The van der Waals surface area contributed by atoms with Gasteiger partial charge in [-0.3, -0.25) is 0 Å². The van der Waals surface area contributed by atoms with E-state index in [9.17, 15) is 36.6 Å². The molecule has 30 heavy (non-hydrogen) atoms. The van der Waals surface area contributed by atoms with Gasteiger partial charge in [-0.15, -0.1) is 0 Å². The molecule has 2 aromatic carbocycles. The number of carboxylic acid groups (broad SMARTS) is 1. The molecule has 2 rings (SSSR count). The van der Waals surface area contributed by atoms with Crippen LogP contribution in [0.15, 0.2) is 24.3 Å². The van der Waals surface area contributed by atoms with E-state index in [1.807, 2.05) is 0 Å². The first kappa shape index (κ1) is 23.1. The van der Waals surface area contributed by atoms with Gasteiger partial charge in [-0.05, 0) is 31.9 Å². The molecule has 0 saturated carbocycles. The highest BCUT2D eigenvalue weighted by Gasteiger charge is 2.27. The quantitative estimate of drug-likeness (QED) is 0.413. The van der Waals surface area contributed by atoms with Gasteiger partial charge in [0.05, 0.1) is 5.56 Å². The van der Waals surface area contributed by atoms with Gasteiger partial charge in [-0.2, -0.15) is 0 Å². The summed E-state index contributed by atoms with van der Waals surface area (Å²) in [5.41, 5.74) is -1.91. The molecule has 0 heterocycles. The molecule has 0 saturated heterocycles. The first-order valence-corrected chi connectivity index (χ1v) is 8.65. The molecule has 0 radical (unpaired) electrons. The first-order chi connectivity index (χ1) is 13.8. The average molecular weight is 431 g/mol. The van der Waals surface area contributed by atoms with E-state index in [0.29, 0.717) is 5.56 Å². The molecule has 0 aromatic heterocycles. The van der Waals surface area contributed by atoms with E-state index in [1.165, 1.54) is 12.1 Å². The summed E-state index contributed by atoms with van der Waals surface area (Å²) in [7, 11) is 0. The summed E-state index contributed by atoms with van der Waals surface area (Å²) in [6.07, 6.45) is -1.17. The number of hydrogen-bond donors (Lipinski definition) is 2. The van der Waals surface area contributed by atoms with Crippen LogP contribution in [0.5, 0.6) is 0 Å². The third-order valence-corrected chi connectivity index (χ3v) is 3.88. The van der Waals surface area contributed by atoms with E-state index in [2.05, 4.69) is 5.32 Å². The van der Waals surface area contributed by atoms with Gasteiger partial charge in [0.25, 0.3) is 0 Å². The van der Waals surface area contributed by atoms with Crippen LogP contribution in [0.25, 0.3) is 11.1 Å². The van der Waals surface area contributed by atoms with Gasteiger partial charge in [0.1, 0.15) is 11.6 Å². The second-order valence-electron chi connectivity index (χ2n) is 7.38. The standard InChI is InChI=1S/C20H18F5NO4/c1-20(2,3)30-19(29)26-11(18(27)28)8-9-4-6-10(7-5-9)12-13(21)15(23)17(25)16(24)14(12)22/h4-7,11H,8H2,1-3H3,(H,26,29)(H,27,28)/t11-/m0/s1. The Kier molecular flexibility index (Phi) is 6.69. The number of benzene rings is 2. The maximum atomic E-state index is 13.9. The van der Waals surface area contributed by atoms with Crippen molar-refractivity contribution in [3.05, 3.63) is 58.9 Å². The molecule has 0 spiro atoms. The maximum absolute atomic E-state index is 13.9. The lowest BCUT2D eigenvalue weighted by molar-refractivity contribution is -0.139. The van der Waals surface area contributed by atoms with Crippen LogP contribution < -0.4 is 5.32 Å². The van der Waals surface area contributed by atoms with Crippen LogP contribution in [0.2, 0.25) is 0 Å². The Morgan fingerprint density at radius 3 is 1.83 bits per heavy atom. The fourth-order valence-electron chi connectivity index (χ4n) is 2.55. The summed E-state index contributed by atoms with van der Waals surface area (Å²) in [5.74, 6) is -11.7. The zero-order valence-corrected chi connectivity index (χ0v) is 16.2. The molecule has 0 fully saturated rings. The van der Waals surface area contributed by atoms with Crippen molar-refractivity contribution in [2.45, 2.75) is 38.8 Å². The van der Waals surface area contributed by atoms with E-state index in [0.717, 1.165) is 12.1 Å². The SMILES string of the molecule is CC(C)(C)OC(=O)N[C@@H](Cc1ccc(-c2c(F)c(F)c(F)c(F)c2F)cc1)C(=O)O. The van der Waals surface area contributed by atoms with Crippen molar-refractivity contribution in [1.82, 2.24) is 5.32 Å². The number of alkyl carbamates (subject to hydrolysis) is 1. The van der Waals surface area contributed by atoms with Crippen LogP contribution in [-0.2, 0) is 16.0 Å². The van der Waals surface area contributed by atoms with Gasteiger partial charge < -0.3 is 15.2 Å². The number of rotatable bonds is 5. The molecule has 0 bridgehead atoms. The molecule has 162 valence electrons. The topological polar surface area (TPSA) is 75.6 Å². The Morgan fingerprint density at radius 1 is 0.933 bits per heavy atom. The fourth-order valence-corrected chi connectivity index (χ4v) is 2.55. The average Bonchev–Trinajstić information content (AvgIpc) is 2.64. The number of halogens is 5. The van der Waals surface area contributed by atoms with Crippen molar-refractivity contribution in [2.24, 2.45) is 0 Å². The van der Waals surface area contributed by atoms with Crippen molar-refractivity contribution in [2.75, 3.05) is 0 Å². The number of ether oxygens (including phenoxy) is 1. The number of aliphatic carboxylic acids is 1. The predicted molar refractivity (Wildman–Crippen MR) is 96.2 cm³/mol.